The molecule has 2 heterocycles. The van der Waals surface area contributed by atoms with Crippen molar-refractivity contribution < 1.29 is 4.79 Å². The average Bonchev–Trinajstić information content (AvgIpc) is 3.31. The van der Waals surface area contributed by atoms with Crippen LogP contribution in [0.15, 0.2) is 79.1 Å². The summed E-state index contributed by atoms with van der Waals surface area (Å²) in [4.78, 5) is 19.5. The highest BCUT2D eigenvalue weighted by atomic mass is 32.1. The van der Waals surface area contributed by atoms with Gasteiger partial charge in [0.2, 0.25) is 0 Å². The summed E-state index contributed by atoms with van der Waals surface area (Å²) in [5.74, 6) is 5.10. The molecule has 0 spiro atoms. The fourth-order valence-electron chi connectivity index (χ4n) is 3.16. The highest BCUT2D eigenvalue weighted by Gasteiger charge is 2.04. The van der Waals surface area contributed by atoms with Crippen molar-refractivity contribution >= 4 is 40.0 Å². The third-order valence-electron chi connectivity index (χ3n) is 4.72. The molecule has 0 fully saturated rings. The van der Waals surface area contributed by atoms with E-state index in [0.29, 0.717) is 23.9 Å². The van der Waals surface area contributed by atoms with Crippen molar-refractivity contribution in [2.75, 3.05) is 5.32 Å². The molecule has 0 bridgehead atoms. The number of pyridine rings is 1. The van der Waals surface area contributed by atoms with Gasteiger partial charge in [-0.15, -0.1) is 0 Å². The van der Waals surface area contributed by atoms with Crippen molar-refractivity contribution in [2.45, 2.75) is 13.1 Å². The molecule has 0 aliphatic heterocycles. The van der Waals surface area contributed by atoms with Gasteiger partial charge in [0.15, 0.2) is 5.11 Å². The molecule has 4 N–H and O–H groups in total. The van der Waals surface area contributed by atoms with Crippen molar-refractivity contribution in [1.82, 2.24) is 20.6 Å². The number of benzene rings is 2. The molecule has 7 heteroatoms. The van der Waals surface area contributed by atoms with Crippen LogP contribution in [0.2, 0.25) is 0 Å². The largest absolute Gasteiger partial charge is 0.359 e. The monoisotopic (exact) mass is 439 g/mol. The van der Waals surface area contributed by atoms with E-state index >= 15 is 0 Å². The van der Waals surface area contributed by atoms with Gasteiger partial charge in [-0.2, -0.15) is 0 Å². The first-order valence-electron chi connectivity index (χ1n) is 10.1. The van der Waals surface area contributed by atoms with E-state index in [0.717, 1.165) is 27.7 Å². The van der Waals surface area contributed by atoms with Crippen molar-refractivity contribution in [3.05, 3.63) is 95.8 Å². The minimum Gasteiger partial charge on any atom is -0.359 e. The van der Waals surface area contributed by atoms with Crippen LogP contribution in [0.4, 0.5) is 5.69 Å². The van der Waals surface area contributed by atoms with Crippen LogP contribution in [0.1, 0.15) is 16.7 Å². The fourth-order valence-corrected chi connectivity index (χ4v) is 3.31. The van der Waals surface area contributed by atoms with Crippen LogP contribution in [0, 0.1) is 11.8 Å². The SMILES string of the molecule is O=C(C#Cc1ccccc1)Nc1cccc(CNC(=S)NCc2ccnc3[nH]ccc23)c1. The highest BCUT2D eigenvalue weighted by molar-refractivity contribution is 7.80. The Labute approximate surface area is 191 Å². The van der Waals surface area contributed by atoms with Gasteiger partial charge in [0.1, 0.15) is 5.65 Å². The summed E-state index contributed by atoms with van der Waals surface area (Å²) in [6.45, 7) is 1.13. The molecule has 4 rings (SSSR count). The minimum atomic E-state index is -0.357. The topological polar surface area (TPSA) is 81.8 Å². The normalized spacial score (nSPS) is 10.1. The lowest BCUT2D eigenvalue weighted by atomic mass is 10.2. The van der Waals surface area contributed by atoms with Gasteiger partial charge in [-0.3, -0.25) is 4.79 Å². The second-order valence-corrected chi connectivity index (χ2v) is 7.43. The van der Waals surface area contributed by atoms with Crippen LogP contribution < -0.4 is 16.0 Å². The van der Waals surface area contributed by atoms with E-state index < -0.39 is 0 Å². The zero-order valence-corrected chi connectivity index (χ0v) is 18.0. The summed E-state index contributed by atoms with van der Waals surface area (Å²) in [5.41, 5.74) is 4.44. The maximum Gasteiger partial charge on any atom is 0.300 e. The van der Waals surface area contributed by atoms with E-state index in [1.165, 1.54) is 0 Å². The maximum absolute atomic E-state index is 12.1. The third-order valence-corrected chi connectivity index (χ3v) is 5.01. The molecule has 0 saturated heterocycles. The van der Waals surface area contributed by atoms with E-state index in [1.807, 2.05) is 72.9 Å². The van der Waals surface area contributed by atoms with Gasteiger partial charge < -0.3 is 20.9 Å². The fraction of sp³-hybridized carbons (Fsp3) is 0.0800. The molecular weight excluding hydrogens is 418 g/mol. The molecule has 158 valence electrons. The minimum absolute atomic E-state index is 0.357. The molecule has 0 radical (unpaired) electrons. The number of nitrogens with zero attached hydrogens (tertiary/aromatic N) is 1. The maximum atomic E-state index is 12.1. The standard InChI is InChI=1S/C25H21N5OS/c31-23(10-9-18-5-2-1-3-6-18)30-21-8-4-7-19(15-21)16-28-25(32)29-17-20-11-13-26-24-22(20)12-14-27-24/h1-8,11-15H,16-17H2,(H,26,27)(H,30,31)(H2,28,29,32). The molecule has 0 unspecified atom stereocenters. The quantitative estimate of drug-likeness (QED) is 0.282. The second-order valence-electron chi connectivity index (χ2n) is 7.02. The van der Waals surface area contributed by atoms with E-state index in [4.69, 9.17) is 12.2 Å². The Morgan fingerprint density at radius 3 is 2.72 bits per heavy atom. The first-order chi connectivity index (χ1) is 15.7. The molecule has 2 aromatic carbocycles. The van der Waals surface area contributed by atoms with E-state index in [-0.39, 0.29) is 5.91 Å². The zero-order valence-electron chi connectivity index (χ0n) is 17.2. The Balaban J connectivity index is 1.28. The number of carbonyl (C=O) groups excluding carboxylic acids is 1. The molecule has 0 atom stereocenters. The Hall–Kier alpha value is -4.15. The van der Waals surface area contributed by atoms with Crippen LogP contribution >= 0.6 is 12.2 Å². The number of thiocarbonyl (C=S) groups is 1. The number of anilines is 1. The number of hydrogen-bond donors (Lipinski definition) is 4. The van der Waals surface area contributed by atoms with Crippen molar-refractivity contribution in [3.63, 3.8) is 0 Å². The van der Waals surface area contributed by atoms with Crippen molar-refractivity contribution in [3.8, 4) is 11.8 Å². The predicted molar refractivity (Wildman–Crippen MR) is 131 cm³/mol. The number of aromatic nitrogens is 2. The number of H-pyrrole nitrogens is 1. The van der Waals surface area contributed by atoms with Crippen LogP contribution in [0.25, 0.3) is 11.0 Å². The molecule has 32 heavy (non-hydrogen) atoms. The van der Waals surface area contributed by atoms with Crippen LogP contribution in [0.5, 0.6) is 0 Å². The average molecular weight is 440 g/mol. The number of nitrogens with one attached hydrogen (secondary N) is 4. The first kappa shape index (κ1) is 21.1. The van der Waals surface area contributed by atoms with Crippen molar-refractivity contribution in [1.29, 1.82) is 0 Å². The summed E-state index contributed by atoms with van der Waals surface area (Å²) >= 11 is 5.40. The Kier molecular flexibility index (Phi) is 6.75. The summed E-state index contributed by atoms with van der Waals surface area (Å²) in [6.07, 6.45) is 3.65. The predicted octanol–water partition coefficient (Wildman–Crippen LogP) is 3.72. The molecule has 0 aliphatic carbocycles. The van der Waals surface area contributed by atoms with Crippen LogP contribution in [-0.2, 0) is 17.9 Å². The lowest BCUT2D eigenvalue weighted by Crippen LogP contribution is -2.34. The van der Waals surface area contributed by atoms with E-state index in [9.17, 15) is 4.79 Å². The van der Waals surface area contributed by atoms with Gasteiger partial charge in [-0.05, 0) is 59.7 Å². The smallest absolute Gasteiger partial charge is 0.300 e. The highest BCUT2D eigenvalue weighted by Crippen LogP contribution is 2.14. The van der Waals surface area contributed by atoms with Gasteiger partial charge in [-0.25, -0.2) is 4.98 Å². The summed E-state index contributed by atoms with van der Waals surface area (Å²) in [6, 6.07) is 20.9. The first-order valence-corrected chi connectivity index (χ1v) is 10.5. The Morgan fingerprint density at radius 2 is 1.84 bits per heavy atom. The number of aromatic amines is 1. The Bertz CT molecular complexity index is 1300. The summed E-state index contributed by atoms with van der Waals surface area (Å²) in [7, 11) is 0. The van der Waals surface area contributed by atoms with Crippen LogP contribution in [0.3, 0.4) is 0 Å². The van der Waals surface area contributed by atoms with Crippen molar-refractivity contribution in [2.24, 2.45) is 0 Å². The summed E-state index contributed by atoms with van der Waals surface area (Å²) in [5, 5.41) is 10.8. The molecule has 0 aliphatic rings. The van der Waals surface area contributed by atoms with E-state index in [2.05, 4.69) is 37.8 Å². The van der Waals surface area contributed by atoms with Gasteiger partial charge in [-0.1, -0.05) is 36.3 Å². The number of fused-ring (bicyclic) bond motifs is 1. The number of rotatable bonds is 5. The molecule has 0 saturated carbocycles. The lowest BCUT2D eigenvalue weighted by molar-refractivity contribution is -0.111. The van der Waals surface area contributed by atoms with Gasteiger partial charge in [0.05, 0.1) is 0 Å². The number of amides is 1. The molecule has 2 aromatic heterocycles. The molecule has 6 nitrogen and oxygen atoms in total. The number of hydrogen-bond acceptors (Lipinski definition) is 3. The van der Waals surface area contributed by atoms with Gasteiger partial charge >= 0.3 is 5.91 Å². The van der Waals surface area contributed by atoms with Gasteiger partial charge in [0, 0.05) is 48.0 Å². The molecule has 1 amide bonds. The molecular formula is C25H21N5OS. The molecule has 4 aromatic rings. The number of carbonyl (C=O) groups is 1. The lowest BCUT2D eigenvalue weighted by Gasteiger charge is -2.12. The third kappa shape index (κ3) is 5.72. The van der Waals surface area contributed by atoms with Crippen LogP contribution in [-0.4, -0.2) is 21.0 Å². The second kappa shape index (κ2) is 10.2. The Morgan fingerprint density at radius 1 is 1.00 bits per heavy atom. The van der Waals surface area contributed by atoms with Gasteiger partial charge in [0.25, 0.3) is 0 Å². The zero-order chi connectivity index (χ0) is 22.2. The summed E-state index contributed by atoms with van der Waals surface area (Å²) < 4.78 is 0. The van der Waals surface area contributed by atoms with E-state index in [1.54, 1.807) is 6.20 Å².